The van der Waals surface area contributed by atoms with Gasteiger partial charge in [0.2, 0.25) is 5.13 Å². The van der Waals surface area contributed by atoms with Crippen molar-refractivity contribution >= 4 is 39.7 Å². The first-order valence-electron chi connectivity index (χ1n) is 4.66. The van der Waals surface area contributed by atoms with Gasteiger partial charge < -0.3 is 5.73 Å². The molecule has 0 saturated heterocycles. The van der Waals surface area contributed by atoms with Gasteiger partial charge in [0.05, 0.1) is 5.57 Å². The third kappa shape index (κ3) is 2.81. The van der Waals surface area contributed by atoms with Crippen LogP contribution in [0, 0.1) is 11.3 Å². The van der Waals surface area contributed by atoms with E-state index < -0.39 is 0 Å². The van der Waals surface area contributed by atoms with Crippen LogP contribution in [0.3, 0.4) is 0 Å². The van der Waals surface area contributed by atoms with E-state index in [1.165, 1.54) is 11.3 Å². The van der Waals surface area contributed by atoms with Crippen molar-refractivity contribution in [2.75, 3.05) is 5.73 Å². The Morgan fingerprint density at radius 2 is 2.06 bits per heavy atom. The monoisotopic (exact) mass is 262 g/mol. The minimum absolute atomic E-state index is 0.345. The van der Waals surface area contributed by atoms with Crippen molar-refractivity contribution in [3.8, 4) is 6.07 Å². The summed E-state index contributed by atoms with van der Waals surface area (Å²) < 4.78 is 0. The Kier molecular flexibility index (Phi) is 3.38. The third-order valence-corrected chi connectivity index (χ3v) is 3.01. The highest BCUT2D eigenvalue weighted by Crippen LogP contribution is 2.22. The molecular formula is C11H7ClN4S. The van der Waals surface area contributed by atoms with E-state index in [4.69, 9.17) is 22.6 Å². The highest BCUT2D eigenvalue weighted by Gasteiger charge is 2.07. The predicted molar refractivity (Wildman–Crippen MR) is 69.3 cm³/mol. The molecule has 6 heteroatoms. The van der Waals surface area contributed by atoms with Crippen LogP contribution in [0.5, 0.6) is 0 Å². The molecule has 2 rings (SSSR count). The second-order valence-electron chi connectivity index (χ2n) is 3.17. The number of hydrogen-bond donors (Lipinski definition) is 1. The lowest BCUT2D eigenvalue weighted by molar-refractivity contribution is 1.08. The van der Waals surface area contributed by atoms with Gasteiger partial charge in [0.1, 0.15) is 6.07 Å². The van der Waals surface area contributed by atoms with Crippen molar-refractivity contribution in [3.05, 3.63) is 39.9 Å². The molecule has 2 aromatic rings. The molecule has 0 aliphatic rings. The summed E-state index contributed by atoms with van der Waals surface area (Å²) in [5, 5.41) is 18.1. The quantitative estimate of drug-likeness (QED) is 0.845. The van der Waals surface area contributed by atoms with E-state index in [1.807, 2.05) is 12.1 Å². The number of anilines is 1. The van der Waals surface area contributed by atoms with E-state index in [0.717, 1.165) is 5.56 Å². The summed E-state index contributed by atoms with van der Waals surface area (Å²) in [6.45, 7) is 0. The molecule has 1 heterocycles. The Labute approximate surface area is 107 Å². The van der Waals surface area contributed by atoms with Crippen LogP contribution in [0.15, 0.2) is 24.3 Å². The highest BCUT2D eigenvalue weighted by atomic mass is 35.5. The van der Waals surface area contributed by atoms with Crippen LogP contribution in [0.2, 0.25) is 5.02 Å². The molecule has 0 unspecified atom stereocenters. The number of benzene rings is 1. The Balaban J connectivity index is 2.36. The van der Waals surface area contributed by atoms with E-state index in [-0.39, 0.29) is 0 Å². The molecule has 0 bridgehead atoms. The van der Waals surface area contributed by atoms with Gasteiger partial charge in [-0.3, -0.25) is 0 Å². The number of nitrogen functional groups attached to an aromatic ring is 1. The second kappa shape index (κ2) is 4.95. The molecular weight excluding hydrogens is 256 g/mol. The molecule has 1 aromatic heterocycles. The summed E-state index contributed by atoms with van der Waals surface area (Å²) >= 11 is 6.96. The minimum atomic E-state index is 0.345. The molecule has 0 radical (unpaired) electrons. The zero-order valence-corrected chi connectivity index (χ0v) is 10.2. The van der Waals surface area contributed by atoms with Gasteiger partial charge in [-0.2, -0.15) is 5.26 Å². The van der Waals surface area contributed by atoms with Crippen molar-refractivity contribution in [1.82, 2.24) is 10.2 Å². The number of rotatable bonds is 2. The number of nitrogens with zero attached hydrogens (tertiary/aromatic N) is 3. The molecule has 84 valence electrons. The largest absolute Gasteiger partial charge is 0.374 e. The van der Waals surface area contributed by atoms with Gasteiger partial charge in [-0.05, 0) is 23.8 Å². The summed E-state index contributed by atoms with van der Waals surface area (Å²) in [6, 6.07) is 9.24. The van der Waals surface area contributed by atoms with E-state index in [0.29, 0.717) is 20.7 Å². The molecule has 0 aliphatic heterocycles. The number of allylic oxidation sites excluding steroid dienone is 1. The van der Waals surface area contributed by atoms with Crippen LogP contribution in [-0.4, -0.2) is 10.2 Å². The van der Waals surface area contributed by atoms with Crippen LogP contribution in [0.1, 0.15) is 10.6 Å². The van der Waals surface area contributed by atoms with Gasteiger partial charge in [0, 0.05) is 5.02 Å². The average Bonchev–Trinajstić information content (AvgIpc) is 2.75. The van der Waals surface area contributed by atoms with Gasteiger partial charge in [0.15, 0.2) is 5.01 Å². The van der Waals surface area contributed by atoms with E-state index >= 15 is 0 Å². The number of hydrogen-bond acceptors (Lipinski definition) is 5. The minimum Gasteiger partial charge on any atom is -0.374 e. The summed E-state index contributed by atoms with van der Waals surface area (Å²) in [7, 11) is 0. The van der Waals surface area contributed by atoms with Crippen LogP contribution in [0.4, 0.5) is 5.13 Å². The SMILES string of the molecule is N#C/C(=C/c1ccc(Cl)cc1)c1nnc(N)s1. The molecule has 0 saturated carbocycles. The topological polar surface area (TPSA) is 75.6 Å². The molecule has 0 aliphatic carbocycles. The lowest BCUT2D eigenvalue weighted by Crippen LogP contribution is -1.82. The fourth-order valence-electron chi connectivity index (χ4n) is 1.21. The average molecular weight is 263 g/mol. The van der Waals surface area contributed by atoms with Crippen molar-refractivity contribution in [2.45, 2.75) is 0 Å². The number of nitrogens with two attached hydrogens (primary N) is 1. The summed E-state index contributed by atoms with van der Waals surface area (Å²) in [5.74, 6) is 0. The van der Waals surface area contributed by atoms with Gasteiger partial charge in [-0.15, -0.1) is 10.2 Å². The second-order valence-corrected chi connectivity index (χ2v) is 4.61. The maximum atomic E-state index is 9.06. The summed E-state index contributed by atoms with van der Waals surface area (Å²) in [5.41, 5.74) is 6.78. The Hall–Kier alpha value is -1.90. The molecule has 0 amide bonds. The summed E-state index contributed by atoms with van der Waals surface area (Å²) in [4.78, 5) is 0. The molecule has 2 N–H and O–H groups in total. The lowest BCUT2D eigenvalue weighted by atomic mass is 10.1. The molecule has 0 atom stereocenters. The zero-order chi connectivity index (χ0) is 12.3. The number of aromatic nitrogens is 2. The fraction of sp³-hybridized carbons (Fsp3) is 0. The first kappa shape index (κ1) is 11.6. The van der Waals surface area contributed by atoms with Gasteiger partial charge in [-0.25, -0.2) is 0 Å². The Bertz CT molecular complexity index is 595. The van der Waals surface area contributed by atoms with Crippen molar-refractivity contribution in [1.29, 1.82) is 5.26 Å². The van der Waals surface area contributed by atoms with Crippen molar-refractivity contribution in [2.24, 2.45) is 0 Å². The highest BCUT2D eigenvalue weighted by molar-refractivity contribution is 7.16. The molecule has 1 aromatic carbocycles. The summed E-state index contributed by atoms with van der Waals surface area (Å²) in [6.07, 6.45) is 1.72. The number of halogens is 1. The zero-order valence-electron chi connectivity index (χ0n) is 8.59. The molecule has 0 fully saturated rings. The molecule has 4 nitrogen and oxygen atoms in total. The van der Waals surface area contributed by atoms with E-state index in [1.54, 1.807) is 18.2 Å². The van der Waals surface area contributed by atoms with Crippen LogP contribution in [0.25, 0.3) is 11.6 Å². The fourth-order valence-corrected chi connectivity index (χ4v) is 1.91. The van der Waals surface area contributed by atoms with Crippen molar-refractivity contribution < 1.29 is 0 Å². The molecule has 17 heavy (non-hydrogen) atoms. The van der Waals surface area contributed by atoms with Gasteiger partial charge >= 0.3 is 0 Å². The Morgan fingerprint density at radius 3 is 2.59 bits per heavy atom. The van der Waals surface area contributed by atoms with Crippen LogP contribution < -0.4 is 5.73 Å². The lowest BCUT2D eigenvalue weighted by Gasteiger charge is -1.95. The third-order valence-electron chi connectivity index (χ3n) is 1.97. The first-order chi connectivity index (χ1) is 8.19. The molecule has 0 spiro atoms. The Morgan fingerprint density at radius 1 is 1.35 bits per heavy atom. The maximum absolute atomic E-state index is 9.06. The van der Waals surface area contributed by atoms with E-state index in [9.17, 15) is 0 Å². The van der Waals surface area contributed by atoms with Crippen LogP contribution >= 0.6 is 22.9 Å². The van der Waals surface area contributed by atoms with Crippen LogP contribution in [-0.2, 0) is 0 Å². The number of nitriles is 1. The van der Waals surface area contributed by atoms with Gasteiger partial charge in [0.25, 0.3) is 0 Å². The standard InChI is InChI=1S/C11H7ClN4S/c12-9-3-1-7(2-4-9)5-8(6-13)10-15-16-11(14)17-10/h1-5H,(H2,14,16)/b8-5-. The van der Waals surface area contributed by atoms with Crippen molar-refractivity contribution in [3.63, 3.8) is 0 Å². The smallest absolute Gasteiger partial charge is 0.203 e. The van der Waals surface area contributed by atoms with Gasteiger partial charge in [-0.1, -0.05) is 35.1 Å². The van der Waals surface area contributed by atoms with E-state index in [2.05, 4.69) is 16.3 Å². The maximum Gasteiger partial charge on any atom is 0.203 e. The first-order valence-corrected chi connectivity index (χ1v) is 5.85. The normalized spacial score (nSPS) is 11.2. The predicted octanol–water partition coefficient (Wildman–Crippen LogP) is 2.84.